The molecule has 1 N–H and O–H groups in total. The van der Waals surface area contributed by atoms with E-state index in [4.69, 9.17) is 5.11 Å². The second-order valence-electron chi connectivity index (χ2n) is 2.66. The first-order valence-corrected chi connectivity index (χ1v) is 3.86. The number of anilines is 1. The Morgan fingerprint density at radius 2 is 2.00 bits per heavy atom. The minimum Gasteiger partial charge on any atom is -0.480 e. The molecule has 0 unspecified atom stereocenters. The Hall–Kier alpha value is -1.58. The van der Waals surface area contributed by atoms with Crippen molar-refractivity contribution >= 4 is 11.7 Å². The summed E-state index contributed by atoms with van der Waals surface area (Å²) in [5, 5.41) is 8.76. The molecule has 0 saturated heterocycles. The van der Waals surface area contributed by atoms with Crippen LogP contribution in [0.3, 0.4) is 0 Å². The summed E-state index contributed by atoms with van der Waals surface area (Å²) in [6, 6.07) is 6.90. The molecule has 0 radical (unpaired) electrons. The van der Waals surface area contributed by atoms with Gasteiger partial charge in [0, 0.05) is 0 Å². The average Bonchev–Trinajstić information content (AvgIpc) is 2.17. The van der Waals surface area contributed by atoms with Gasteiger partial charge in [0.2, 0.25) is 0 Å². The van der Waals surface area contributed by atoms with Crippen LogP contribution in [0.1, 0.15) is 6.92 Å². The van der Waals surface area contributed by atoms with Crippen molar-refractivity contribution in [3.8, 4) is 0 Å². The predicted octanol–water partition coefficient (Wildman–Crippen LogP) is 1.85. The molecule has 0 aliphatic rings. The molecule has 1 aromatic carbocycles. The lowest BCUT2D eigenvalue weighted by Crippen LogP contribution is -2.32. The average molecular weight is 183 g/mol. The van der Waals surface area contributed by atoms with Crippen LogP contribution < -0.4 is 5.12 Å². The van der Waals surface area contributed by atoms with Crippen LogP contribution in [0.2, 0.25) is 0 Å². The van der Waals surface area contributed by atoms with Gasteiger partial charge in [0.25, 0.3) is 0 Å². The Kier molecular flexibility index (Phi) is 2.84. The molecule has 0 aliphatic carbocycles. The van der Waals surface area contributed by atoms with Crippen molar-refractivity contribution < 1.29 is 14.4 Å². The highest BCUT2D eigenvalue weighted by Crippen LogP contribution is 2.16. The van der Waals surface area contributed by atoms with Gasteiger partial charge >= 0.3 is 5.97 Å². The van der Waals surface area contributed by atoms with Crippen LogP contribution in [0, 0.1) is 0 Å². The van der Waals surface area contributed by atoms with E-state index in [9.17, 15) is 9.28 Å². The second-order valence-corrected chi connectivity index (χ2v) is 2.66. The van der Waals surface area contributed by atoms with E-state index in [0.29, 0.717) is 0 Å². The lowest BCUT2D eigenvalue weighted by molar-refractivity contribution is -0.138. The molecule has 3 nitrogen and oxygen atoms in total. The number of hydrogen-bond donors (Lipinski definition) is 1. The van der Waals surface area contributed by atoms with Gasteiger partial charge < -0.3 is 5.11 Å². The fourth-order valence-corrected chi connectivity index (χ4v) is 0.891. The Morgan fingerprint density at radius 1 is 1.46 bits per heavy atom. The Labute approximate surface area is 75.3 Å². The summed E-state index contributed by atoms with van der Waals surface area (Å²) in [5.74, 6) is -1.19. The molecule has 1 rings (SSSR count). The third kappa shape index (κ3) is 2.18. The van der Waals surface area contributed by atoms with Gasteiger partial charge in [0.15, 0.2) is 6.04 Å². The van der Waals surface area contributed by atoms with Crippen LogP contribution in [0.25, 0.3) is 0 Å². The molecule has 0 aliphatic heterocycles. The van der Waals surface area contributed by atoms with Crippen molar-refractivity contribution in [1.82, 2.24) is 0 Å². The minimum atomic E-state index is -1.19. The minimum absolute atomic E-state index is 0.225. The number of carboxylic acid groups (broad SMARTS) is 1. The molecule has 4 heteroatoms. The highest BCUT2D eigenvalue weighted by atomic mass is 19.2. The van der Waals surface area contributed by atoms with Crippen LogP contribution in [-0.2, 0) is 4.79 Å². The van der Waals surface area contributed by atoms with Crippen molar-refractivity contribution in [3.63, 3.8) is 0 Å². The van der Waals surface area contributed by atoms with Crippen LogP contribution >= 0.6 is 0 Å². The van der Waals surface area contributed by atoms with Gasteiger partial charge in [0.1, 0.15) is 0 Å². The number of nitrogens with zero attached hydrogens (tertiary/aromatic N) is 1. The predicted molar refractivity (Wildman–Crippen MR) is 47.1 cm³/mol. The molecule has 0 saturated carbocycles. The number of hydrogen-bond acceptors (Lipinski definition) is 2. The van der Waals surface area contributed by atoms with E-state index in [2.05, 4.69) is 0 Å². The number of aliphatic carboxylic acids is 1. The lowest BCUT2D eigenvalue weighted by atomic mass is 10.2. The monoisotopic (exact) mass is 183 g/mol. The van der Waals surface area contributed by atoms with Gasteiger partial charge in [0.05, 0.1) is 5.69 Å². The molecule has 0 bridgehead atoms. The van der Waals surface area contributed by atoms with Crippen LogP contribution in [0.15, 0.2) is 30.3 Å². The standard InChI is InChI=1S/C9H10FNO2/c1-7(9(12)13)11(10)8-5-3-2-4-6-8/h2-7H,1H3,(H,12,13)/t7-/m0/s1. The Balaban J connectivity index is 2.79. The van der Waals surface area contributed by atoms with Crippen molar-refractivity contribution in [2.24, 2.45) is 0 Å². The van der Waals surface area contributed by atoms with Gasteiger partial charge in [-0.2, -0.15) is 5.12 Å². The summed E-state index contributed by atoms with van der Waals surface area (Å²) in [6.07, 6.45) is 0. The van der Waals surface area contributed by atoms with Crippen LogP contribution in [0.4, 0.5) is 10.2 Å². The summed E-state index contributed by atoms with van der Waals surface area (Å²) in [7, 11) is 0. The largest absolute Gasteiger partial charge is 0.480 e. The Bertz CT molecular complexity index is 289. The molecule has 0 fully saturated rings. The first-order chi connectivity index (χ1) is 6.13. The van der Waals surface area contributed by atoms with Crippen molar-refractivity contribution in [3.05, 3.63) is 30.3 Å². The number of benzene rings is 1. The van der Waals surface area contributed by atoms with E-state index >= 15 is 0 Å². The molecule has 0 heterocycles. The van der Waals surface area contributed by atoms with E-state index in [1.165, 1.54) is 19.1 Å². The van der Waals surface area contributed by atoms with Gasteiger partial charge in [-0.05, 0) is 19.1 Å². The first kappa shape index (κ1) is 9.51. The fraction of sp³-hybridized carbons (Fsp3) is 0.222. The highest BCUT2D eigenvalue weighted by Gasteiger charge is 2.20. The van der Waals surface area contributed by atoms with E-state index in [1.54, 1.807) is 18.2 Å². The lowest BCUT2D eigenvalue weighted by Gasteiger charge is -2.17. The number of halogens is 1. The maximum Gasteiger partial charge on any atom is 0.328 e. The van der Waals surface area contributed by atoms with Crippen molar-refractivity contribution in [2.75, 3.05) is 5.12 Å². The summed E-state index contributed by atoms with van der Waals surface area (Å²) < 4.78 is 13.2. The quantitative estimate of drug-likeness (QED) is 0.727. The molecule has 1 atom stereocenters. The van der Waals surface area contributed by atoms with Gasteiger partial charge in [-0.15, -0.1) is 0 Å². The maximum absolute atomic E-state index is 13.2. The second kappa shape index (κ2) is 3.89. The third-order valence-corrected chi connectivity index (χ3v) is 1.70. The number of carbonyl (C=O) groups is 1. The fourth-order valence-electron chi connectivity index (χ4n) is 0.891. The third-order valence-electron chi connectivity index (χ3n) is 1.70. The summed E-state index contributed by atoms with van der Waals surface area (Å²) in [4.78, 5) is 10.4. The molecule has 1 aromatic rings. The summed E-state index contributed by atoms with van der Waals surface area (Å²) in [6.45, 7) is 1.29. The highest BCUT2D eigenvalue weighted by molar-refractivity contribution is 5.76. The topological polar surface area (TPSA) is 40.5 Å². The van der Waals surface area contributed by atoms with Crippen molar-refractivity contribution in [2.45, 2.75) is 13.0 Å². The summed E-state index contributed by atoms with van der Waals surface area (Å²) >= 11 is 0. The molecule has 0 aromatic heterocycles. The zero-order chi connectivity index (χ0) is 9.84. The van der Waals surface area contributed by atoms with Crippen LogP contribution in [0.5, 0.6) is 0 Å². The van der Waals surface area contributed by atoms with Gasteiger partial charge in [-0.3, -0.25) is 0 Å². The Morgan fingerprint density at radius 3 is 2.46 bits per heavy atom. The number of para-hydroxylation sites is 1. The zero-order valence-corrected chi connectivity index (χ0v) is 7.14. The molecule has 70 valence electrons. The number of rotatable bonds is 3. The molecule has 13 heavy (non-hydrogen) atoms. The van der Waals surface area contributed by atoms with Crippen LogP contribution in [-0.4, -0.2) is 17.1 Å². The zero-order valence-electron chi connectivity index (χ0n) is 7.14. The molecular formula is C9H10FNO2. The maximum atomic E-state index is 13.2. The van der Waals surface area contributed by atoms with E-state index in [-0.39, 0.29) is 10.8 Å². The SMILES string of the molecule is C[C@@H](C(=O)O)N(F)c1ccccc1. The van der Waals surface area contributed by atoms with Gasteiger partial charge in [-0.25, -0.2) is 4.79 Å². The van der Waals surface area contributed by atoms with E-state index in [0.717, 1.165) is 0 Å². The smallest absolute Gasteiger partial charge is 0.328 e. The first-order valence-electron chi connectivity index (χ1n) is 3.86. The van der Waals surface area contributed by atoms with E-state index in [1.807, 2.05) is 0 Å². The van der Waals surface area contributed by atoms with E-state index < -0.39 is 12.0 Å². The van der Waals surface area contributed by atoms with Crippen molar-refractivity contribution in [1.29, 1.82) is 0 Å². The number of carboxylic acids is 1. The molecule has 0 spiro atoms. The van der Waals surface area contributed by atoms with Gasteiger partial charge in [-0.1, -0.05) is 22.7 Å². The normalized spacial score (nSPS) is 12.2. The molecular weight excluding hydrogens is 173 g/mol. The molecule has 0 amide bonds. The summed E-state index contributed by atoms with van der Waals surface area (Å²) in [5.41, 5.74) is 0.248.